The predicted molar refractivity (Wildman–Crippen MR) is 64.5 cm³/mol. The van der Waals surface area contributed by atoms with Gasteiger partial charge in [0.05, 0.1) is 12.2 Å². The molecule has 1 N–H and O–H groups in total. The van der Waals surface area contributed by atoms with E-state index in [4.69, 9.17) is 5.11 Å². The van der Waals surface area contributed by atoms with Crippen LogP contribution in [0.4, 0.5) is 0 Å². The molecule has 1 rings (SSSR count). The molecule has 0 aromatic heterocycles. The number of thioether (sulfide) groups is 1. The molecule has 1 amide bonds. The van der Waals surface area contributed by atoms with Crippen LogP contribution in [0.25, 0.3) is 0 Å². The Morgan fingerprint density at radius 1 is 1.38 bits per heavy atom. The van der Waals surface area contributed by atoms with Crippen LogP contribution in [0.15, 0.2) is 0 Å². The van der Waals surface area contributed by atoms with E-state index < -0.39 is 5.97 Å². The van der Waals surface area contributed by atoms with Crippen LogP contribution in [0.2, 0.25) is 0 Å². The highest BCUT2D eigenvalue weighted by atomic mass is 32.2. The van der Waals surface area contributed by atoms with Gasteiger partial charge in [0.1, 0.15) is 0 Å². The summed E-state index contributed by atoms with van der Waals surface area (Å²) in [5.41, 5.74) is 0. The molecule has 0 aromatic carbocycles. The molecule has 0 atom stereocenters. The second-order valence-electron chi connectivity index (χ2n) is 5.16. The van der Waals surface area contributed by atoms with Gasteiger partial charge in [0.2, 0.25) is 5.91 Å². The second-order valence-corrected chi connectivity index (χ2v) is 6.97. The van der Waals surface area contributed by atoms with Gasteiger partial charge in [-0.25, -0.2) is 0 Å². The third-order valence-electron chi connectivity index (χ3n) is 2.40. The number of aliphatic carboxylic acids is 1. The van der Waals surface area contributed by atoms with E-state index in [9.17, 15) is 9.59 Å². The minimum atomic E-state index is -0.777. The molecular formula is C11H19NO3S. The van der Waals surface area contributed by atoms with E-state index in [2.05, 4.69) is 20.8 Å². The number of amides is 1. The van der Waals surface area contributed by atoms with Crippen molar-refractivity contribution in [2.24, 2.45) is 5.92 Å². The van der Waals surface area contributed by atoms with Gasteiger partial charge < -0.3 is 10.0 Å². The van der Waals surface area contributed by atoms with Crippen molar-refractivity contribution in [1.29, 1.82) is 0 Å². The zero-order valence-corrected chi connectivity index (χ0v) is 10.8. The monoisotopic (exact) mass is 245 g/mol. The molecule has 0 unspecified atom stereocenters. The second kappa shape index (κ2) is 5.08. The maximum Gasteiger partial charge on any atom is 0.303 e. The number of carbonyl (C=O) groups excluding carboxylic acids is 1. The summed E-state index contributed by atoms with van der Waals surface area (Å²) in [6.07, 6.45) is 0.177. The molecule has 5 heteroatoms. The fourth-order valence-electron chi connectivity index (χ4n) is 1.52. The summed E-state index contributed by atoms with van der Waals surface area (Å²) < 4.78 is 0.0982. The summed E-state index contributed by atoms with van der Waals surface area (Å²) in [6, 6.07) is 0. The van der Waals surface area contributed by atoms with Crippen molar-refractivity contribution < 1.29 is 14.7 Å². The first-order valence-electron chi connectivity index (χ1n) is 5.41. The molecule has 1 saturated heterocycles. The molecule has 1 aliphatic heterocycles. The highest BCUT2D eigenvalue weighted by molar-refractivity contribution is 8.01. The van der Waals surface area contributed by atoms with Crippen molar-refractivity contribution in [3.8, 4) is 0 Å². The molecule has 0 radical (unpaired) electrons. The maximum absolute atomic E-state index is 11.7. The minimum Gasteiger partial charge on any atom is -0.481 e. The molecule has 0 spiro atoms. The van der Waals surface area contributed by atoms with Crippen LogP contribution in [-0.2, 0) is 9.59 Å². The van der Waals surface area contributed by atoms with Crippen LogP contribution < -0.4 is 0 Å². The summed E-state index contributed by atoms with van der Waals surface area (Å²) in [7, 11) is 0. The first kappa shape index (κ1) is 13.4. The first-order valence-corrected chi connectivity index (χ1v) is 6.40. The minimum absolute atomic E-state index is 0.0982. The van der Waals surface area contributed by atoms with E-state index >= 15 is 0 Å². The molecule has 1 aliphatic rings. The van der Waals surface area contributed by atoms with Gasteiger partial charge in [-0.1, -0.05) is 20.8 Å². The smallest absolute Gasteiger partial charge is 0.303 e. The Bertz CT molecular complexity index is 279. The molecule has 1 fully saturated rings. The average Bonchev–Trinajstić information content (AvgIpc) is 2.05. The molecule has 0 aromatic rings. The summed E-state index contributed by atoms with van der Waals surface area (Å²) in [5, 5.41) is 8.58. The molecule has 16 heavy (non-hydrogen) atoms. The van der Waals surface area contributed by atoms with Gasteiger partial charge >= 0.3 is 5.97 Å². The number of carboxylic acid groups (broad SMARTS) is 1. The lowest BCUT2D eigenvalue weighted by Gasteiger charge is -2.39. The Morgan fingerprint density at radius 2 is 1.94 bits per heavy atom. The normalized spacial score (nSPS) is 17.1. The fraction of sp³-hybridized carbons (Fsp3) is 0.818. The van der Waals surface area contributed by atoms with E-state index in [1.54, 1.807) is 16.7 Å². The van der Waals surface area contributed by atoms with Crippen LogP contribution in [0.3, 0.4) is 0 Å². The van der Waals surface area contributed by atoms with Crippen LogP contribution in [0.1, 0.15) is 27.2 Å². The highest BCUT2D eigenvalue weighted by Gasteiger charge is 2.32. The molecule has 0 bridgehead atoms. The Morgan fingerprint density at radius 3 is 2.38 bits per heavy atom. The number of rotatable bonds is 4. The van der Waals surface area contributed by atoms with Gasteiger partial charge in [-0.3, -0.25) is 9.59 Å². The molecule has 4 nitrogen and oxygen atoms in total. The molecular weight excluding hydrogens is 226 g/mol. The van der Waals surface area contributed by atoms with Gasteiger partial charge in [0.15, 0.2) is 0 Å². The number of hydrogen-bond donors (Lipinski definition) is 1. The number of likely N-dealkylation sites (tertiary alicyclic amines) is 1. The van der Waals surface area contributed by atoms with Crippen LogP contribution >= 0.6 is 11.8 Å². The molecule has 92 valence electrons. The number of carboxylic acids is 1. The van der Waals surface area contributed by atoms with E-state index in [-0.39, 0.29) is 23.0 Å². The van der Waals surface area contributed by atoms with Crippen molar-refractivity contribution in [3.05, 3.63) is 0 Å². The maximum atomic E-state index is 11.7. The molecule has 1 heterocycles. The summed E-state index contributed by atoms with van der Waals surface area (Å²) in [4.78, 5) is 23.8. The number of hydrogen-bond acceptors (Lipinski definition) is 3. The highest BCUT2D eigenvalue weighted by Crippen LogP contribution is 2.25. The SMILES string of the molecule is CC(C)(C)SCC(=O)N1CC(CC(=O)O)C1. The van der Waals surface area contributed by atoms with Crippen molar-refractivity contribution >= 4 is 23.6 Å². The lowest BCUT2D eigenvalue weighted by atomic mass is 9.96. The van der Waals surface area contributed by atoms with Crippen LogP contribution in [0.5, 0.6) is 0 Å². The Labute approximate surface area is 100 Å². The summed E-state index contributed by atoms with van der Waals surface area (Å²) in [5.74, 6) is -0.00709. The largest absolute Gasteiger partial charge is 0.481 e. The topological polar surface area (TPSA) is 57.6 Å². The molecule has 0 saturated carbocycles. The fourth-order valence-corrected chi connectivity index (χ4v) is 2.26. The Balaban J connectivity index is 2.19. The zero-order valence-electron chi connectivity index (χ0n) is 10.0. The van der Waals surface area contributed by atoms with Gasteiger partial charge in [0, 0.05) is 23.8 Å². The summed E-state index contributed by atoms with van der Waals surface area (Å²) >= 11 is 1.63. The first-order chi connectivity index (χ1) is 7.28. The standard InChI is InChI=1S/C11H19NO3S/c1-11(2,3)16-7-9(13)12-5-8(6-12)4-10(14)15/h8H,4-7H2,1-3H3,(H,14,15). The lowest BCUT2D eigenvalue weighted by molar-refractivity contribution is -0.143. The van der Waals surface area contributed by atoms with Gasteiger partial charge in [0.25, 0.3) is 0 Å². The van der Waals surface area contributed by atoms with E-state index in [0.717, 1.165) is 0 Å². The zero-order chi connectivity index (χ0) is 12.3. The number of nitrogens with zero attached hydrogens (tertiary/aromatic N) is 1. The lowest BCUT2D eigenvalue weighted by Crippen LogP contribution is -2.51. The van der Waals surface area contributed by atoms with Gasteiger partial charge in [-0.05, 0) is 0 Å². The predicted octanol–water partition coefficient (Wildman–Crippen LogP) is 1.45. The van der Waals surface area contributed by atoms with Gasteiger partial charge in [-0.2, -0.15) is 0 Å². The van der Waals surface area contributed by atoms with Crippen LogP contribution in [-0.4, -0.2) is 45.5 Å². The summed E-state index contributed by atoms with van der Waals surface area (Å²) in [6.45, 7) is 7.45. The average molecular weight is 245 g/mol. The third kappa shape index (κ3) is 4.43. The van der Waals surface area contributed by atoms with Crippen molar-refractivity contribution in [2.75, 3.05) is 18.8 Å². The van der Waals surface area contributed by atoms with Crippen molar-refractivity contribution in [3.63, 3.8) is 0 Å². The van der Waals surface area contributed by atoms with Crippen molar-refractivity contribution in [2.45, 2.75) is 31.9 Å². The van der Waals surface area contributed by atoms with E-state index in [1.165, 1.54) is 0 Å². The Hall–Kier alpha value is -0.710. The number of carbonyl (C=O) groups is 2. The van der Waals surface area contributed by atoms with Crippen molar-refractivity contribution in [1.82, 2.24) is 4.90 Å². The third-order valence-corrected chi connectivity index (χ3v) is 3.66. The van der Waals surface area contributed by atoms with Crippen LogP contribution in [0, 0.1) is 5.92 Å². The van der Waals surface area contributed by atoms with E-state index in [0.29, 0.717) is 18.8 Å². The quantitative estimate of drug-likeness (QED) is 0.814. The Kier molecular flexibility index (Phi) is 4.24. The van der Waals surface area contributed by atoms with Gasteiger partial charge in [-0.15, -0.1) is 11.8 Å². The van der Waals surface area contributed by atoms with E-state index in [1.807, 2.05) is 0 Å². The molecule has 0 aliphatic carbocycles.